The lowest BCUT2D eigenvalue weighted by Crippen LogP contribution is -2.09. The van der Waals surface area contributed by atoms with Crippen LogP contribution in [0.3, 0.4) is 0 Å². The molecule has 2 atom stereocenters. The lowest BCUT2D eigenvalue weighted by Gasteiger charge is -2.00. The number of aliphatic hydroxyl groups is 1. The van der Waals surface area contributed by atoms with Crippen LogP contribution in [0.5, 0.6) is 0 Å². The largest absolute Gasteiger partial charge is 0.394 e. The minimum atomic E-state index is -0.0833. The van der Waals surface area contributed by atoms with Crippen molar-refractivity contribution in [1.29, 1.82) is 0 Å². The van der Waals surface area contributed by atoms with Crippen molar-refractivity contribution in [2.24, 2.45) is 0 Å². The standard InChI is InChI=1S/C5H10O2.C5H8O2/c2*6-4-5-2-1-3-7-5/h5-6H,1-4H2;4-5H,1-3H2. The molecule has 0 aliphatic carbocycles. The molecular weight excluding hydrogens is 184 g/mol. The summed E-state index contributed by atoms with van der Waals surface area (Å²) in [5.41, 5.74) is 0. The van der Waals surface area contributed by atoms with Gasteiger partial charge in [-0.3, -0.25) is 0 Å². The highest BCUT2D eigenvalue weighted by molar-refractivity contribution is 5.56. The van der Waals surface area contributed by atoms with E-state index >= 15 is 0 Å². The Bertz CT molecular complexity index is 148. The number of carbonyl (C=O) groups is 1. The van der Waals surface area contributed by atoms with Crippen molar-refractivity contribution < 1.29 is 19.4 Å². The molecule has 2 unspecified atom stereocenters. The average molecular weight is 202 g/mol. The number of ether oxygens (including phenoxy) is 2. The van der Waals surface area contributed by atoms with Crippen LogP contribution in [-0.2, 0) is 14.3 Å². The van der Waals surface area contributed by atoms with Crippen molar-refractivity contribution in [1.82, 2.24) is 0 Å². The molecule has 0 spiro atoms. The van der Waals surface area contributed by atoms with Gasteiger partial charge >= 0.3 is 0 Å². The van der Waals surface area contributed by atoms with Crippen LogP contribution in [-0.4, -0.2) is 43.4 Å². The van der Waals surface area contributed by atoms with Gasteiger partial charge in [0.15, 0.2) is 0 Å². The van der Waals surface area contributed by atoms with Crippen LogP contribution in [0.25, 0.3) is 0 Å². The molecule has 0 bridgehead atoms. The van der Waals surface area contributed by atoms with E-state index in [1.54, 1.807) is 0 Å². The lowest BCUT2D eigenvalue weighted by molar-refractivity contribution is -0.115. The van der Waals surface area contributed by atoms with Gasteiger partial charge in [-0.15, -0.1) is 0 Å². The first-order valence-electron chi connectivity index (χ1n) is 5.16. The number of aliphatic hydroxyl groups excluding tert-OH is 1. The van der Waals surface area contributed by atoms with E-state index in [9.17, 15) is 4.79 Å². The fourth-order valence-electron chi connectivity index (χ4n) is 1.50. The van der Waals surface area contributed by atoms with Gasteiger partial charge < -0.3 is 19.4 Å². The second kappa shape index (κ2) is 6.92. The molecule has 0 amide bonds. The zero-order valence-electron chi connectivity index (χ0n) is 8.35. The number of hydrogen-bond acceptors (Lipinski definition) is 4. The van der Waals surface area contributed by atoms with E-state index in [2.05, 4.69) is 0 Å². The van der Waals surface area contributed by atoms with Gasteiger partial charge in [0, 0.05) is 13.2 Å². The van der Waals surface area contributed by atoms with Crippen molar-refractivity contribution >= 4 is 6.29 Å². The summed E-state index contributed by atoms with van der Waals surface area (Å²) in [5, 5.41) is 8.44. The molecule has 14 heavy (non-hydrogen) atoms. The Balaban J connectivity index is 0.000000140. The highest BCUT2D eigenvalue weighted by Crippen LogP contribution is 2.09. The molecule has 2 saturated heterocycles. The minimum absolute atomic E-state index is 0.0833. The first kappa shape index (κ1) is 11.6. The van der Waals surface area contributed by atoms with Crippen LogP contribution in [0.4, 0.5) is 0 Å². The molecule has 4 heteroatoms. The topological polar surface area (TPSA) is 55.8 Å². The molecule has 2 fully saturated rings. The van der Waals surface area contributed by atoms with E-state index in [4.69, 9.17) is 14.6 Å². The van der Waals surface area contributed by atoms with E-state index in [0.717, 1.165) is 45.2 Å². The summed E-state index contributed by atoms with van der Waals surface area (Å²) in [5.74, 6) is 0. The normalized spacial score (nSPS) is 30.9. The maximum atomic E-state index is 9.88. The second-order valence-corrected chi connectivity index (χ2v) is 3.51. The number of rotatable bonds is 2. The summed E-state index contributed by atoms with van der Waals surface area (Å²) < 4.78 is 9.99. The summed E-state index contributed by atoms with van der Waals surface area (Å²) >= 11 is 0. The van der Waals surface area contributed by atoms with Gasteiger partial charge in [-0.1, -0.05) is 0 Å². The molecule has 2 heterocycles. The van der Waals surface area contributed by atoms with Crippen LogP contribution in [0, 0.1) is 0 Å². The van der Waals surface area contributed by atoms with Gasteiger partial charge in [-0.05, 0) is 25.7 Å². The third kappa shape index (κ3) is 4.17. The molecule has 82 valence electrons. The van der Waals surface area contributed by atoms with Gasteiger partial charge in [0.2, 0.25) is 0 Å². The third-order valence-electron chi connectivity index (χ3n) is 2.34. The maximum absolute atomic E-state index is 9.88. The van der Waals surface area contributed by atoms with E-state index in [-0.39, 0.29) is 18.8 Å². The molecule has 0 radical (unpaired) electrons. The number of hydrogen-bond donors (Lipinski definition) is 1. The molecular formula is C10H18O4. The van der Waals surface area contributed by atoms with Crippen LogP contribution in [0.1, 0.15) is 25.7 Å². The Hall–Kier alpha value is -0.450. The Morgan fingerprint density at radius 2 is 1.93 bits per heavy atom. The summed E-state index contributed by atoms with van der Waals surface area (Å²) in [6.07, 6.45) is 5.06. The van der Waals surface area contributed by atoms with Crippen molar-refractivity contribution in [2.45, 2.75) is 37.9 Å². The SMILES string of the molecule is O=CC1CCCO1.OCC1CCCO1. The molecule has 2 rings (SSSR count). The van der Waals surface area contributed by atoms with E-state index < -0.39 is 0 Å². The quantitative estimate of drug-likeness (QED) is 0.663. The van der Waals surface area contributed by atoms with Crippen molar-refractivity contribution in [3.63, 3.8) is 0 Å². The molecule has 2 aliphatic heterocycles. The first-order chi connectivity index (χ1) is 6.86. The van der Waals surface area contributed by atoms with Crippen molar-refractivity contribution in [3.05, 3.63) is 0 Å². The van der Waals surface area contributed by atoms with Crippen molar-refractivity contribution in [2.75, 3.05) is 19.8 Å². The maximum Gasteiger partial charge on any atom is 0.148 e. The Labute approximate surface area is 84.2 Å². The van der Waals surface area contributed by atoms with E-state index in [0.29, 0.717) is 0 Å². The zero-order chi connectivity index (χ0) is 10.2. The smallest absolute Gasteiger partial charge is 0.148 e. The van der Waals surface area contributed by atoms with Gasteiger partial charge in [0.1, 0.15) is 12.4 Å². The molecule has 0 aromatic carbocycles. The monoisotopic (exact) mass is 202 g/mol. The van der Waals surface area contributed by atoms with Gasteiger partial charge in [0.05, 0.1) is 12.7 Å². The van der Waals surface area contributed by atoms with Crippen LogP contribution < -0.4 is 0 Å². The highest BCUT2D eigenvalue weighted by Gasteiger charge is 2.13. The number of aldehydes is 1. The fourth-order valence-corrected chi connectivity index (χ4v) is 1.50. The predicted molar refractivity (Wildman–Crippen MR) is 51.1 cm³/mol. The van der Waals surface area contributed by atoms with E-state index in [1.165, 1.54) is 0 Å². The molecule has 1 N–H and O–H groups in total. The zero-order valence-corrected chi connectivity index (χ0v) is 8.35. The summed E-state index contributed by atoms with van der Waals surface area (Å²) in [4.78, 5) is 9.88. The fraction of sp³-hybridized carbons (Fsp3) is 0.900. The molecule has 4 nitrogen and oxygen atoms in total. The Morgan fingerprint density at radius 3 is 2.21 bits per heavy atom. The number of carbonyl (C=O) groups excluding carboxylic acids is 1. The molecule has 2 aliphatic rings. The van der Waals surface area contributed by atoms with Crippen LogP contribution >= 0.6 is 0 Å². The third-order valence-corrected chi connectivity index (χ3v) is 2.34. The Morgan fingerprint density at radius 1 is 1.21 bits per heavy atom. The Kier molecular flexibility index (Phi) is 5.75. The lowest BCUT2D eigenvalue weighted by atomic mass is 10.2. The van der Waals surface area contributed by atoms with Gasteiger partial charge in [-0.2, -0.15) is 0 Å². The molecule has 0 saturated carbocycles. The predicted octanol–water partition coefficient (Wildman–Crippen LogP) is 0.522. The van der Waals surface area contributed by atoms with E-state index in [1.807, 2.05) is 0 Å². The van der Waals surface area contributed by atoms with Crippen LogP contribution in [0.15, 0.2) is 0 Å². The summed E-state index contributed by atoms with van der Waals surface area (Å²) in [7, 11) is 0. The first-order valence-corrected chi connectivity index (χ1v) is 5.16. The highest BCUT2D eigenvalue weighted by atomic mass is 16.5. The second-order valence-electron chi connectivity index (χ2n) is 3.51. The summed E-state index contributed by atoms with van der Waals surface area (Å²) in [6, 6.07) is 0. The minimum Gasteiger partial charge on any atom is -0.394 e. The van der Waals surface area contributed by atoms with Gasteiger partial charge in [0.25, 0.3) is 0 Å². The summed E-state index contributed by atoms with van der Waals surface area (Å²) in [6.45, 7) is 1.80. The van der Waals surface area contributed by atoms with Crippen molar-refractivity contribution in [3.8, 4) is 0 Å². The van der Waals surface area contributed by atoms with Gasteiger partial charge in [-0.25, -0.2) is 0 Å². The van der Waals surface area contributed by atoms with Crippen LogP contribution in [0.2, 0.25) is 0 Å². The molecule has 0 aromatic rings. The molecule has 0 aromatic heterocycles. The average Bonchev–Trinajstić information content (AvgIpc) is 2.92.